The number of nitrogens with zero attached hydrogens (tertiary/aromatic N) is 1. The van der Waals surface area contributed by atoms with Gasteiger partial charge in [-0.2, -0.15) is 0 Å². The van der Waals surface area contributed by atoms with Crippen molar-refractivity contribution in [2.75, 3.05) is 11.9 Å². The van der Waals surface area contributed by atoms with Gasteiger partial charge in [0.05, 0.1) is 0 Å². The Balaban J connectivity index is 1.68. The lowest BCUT2D eigenvalue weighted by molar-refractivity contribution is -0.137. The van der Waals surface area contributed by atoms with E-state index in [1.165, 1.54) is 49.5 Å². The smallest absolute Gasteiger partial charge is 0.277 e. The van der Waals surface area contributed by atoms with Crippen LogP contribution in [0.15, 0.2) is 42.1 Å². The maximum Gasteiger partial charge on any atom is 0.277 e. The summed E-state index contributed by atoms with van der Waals surface area (Å²) < 4.78 is 0. The number of hydrogen-bond donors (Lipinski definition) is 1. The fourth-order valence-corrected chi connectivity index (χ4v) is 2.89. The van der Waals surface area contributed by atoms with E-state index in [2.05, 4.69) is 12.2 Å². The number of anilines is 1. The molecule has 0 spiro atoms. The van der Waals surface area contributed by atoms with Gasteiger partial charge in [0.15, 0.2) is 0 Å². The molecule has 130 valence electrons. The maximum absolute atomic E-state index is 12.3. The van der Waals surface area contributed by atoms with Crippen LogP contribution in [0.5, 0.6) is 0 Å². The molecule has 1 aromatic carbocycles. The summed E-state index contributed by atoms with van der Waals surface area (Å²) in [7, 11) is 0. The SMILES string of the molecule is CCCCCCCCCCN1C(=O)C=C(Nc2ccccc2)C1=O. The van der Waals surface area contributed by atoms with Gasteiger partial charge in [-0.25, -0.2) is 0 Å². The molecule has 1 aliphatic rings. The number of carbonyl (C=O) groups excluding carboxylic acids is 2. The van der Waals surface area contributed by atoms with Gasteiger partial charge in [-0.15, -0.1) is 0 Å². The first kappa shape index (κ1) is 18.2. The molecule has 1 N–H and O–H groups in total. The molecule has 0 radical (unpaired) electrons. The normalized spacial score (nSPS) is 14.2. The van der Waals surface area contributed by atoms with Crippen LogP contribution in [0.4, 0.5) is 5.69 Å². The van der Waals surface area contributed by atoms with Gasteiger partial charge in [0.2, 0.25) is 0 Å². The molecular weight excluding hydrogens is 300 g/mol. The van der Waals surface area contributed by atoms with Crippen LogP contribution < -0.4 is 5.32 Å². The minimum Gasteiger partial charge on any atom is -0.351 e. The second-order valence-electron chi connectivity index (χ2n) is 6.32. The summed E-state index contributed by atoms with van der Waals surface area (Å²) in [6.45, 7) is 2.74. The number of unbranched alkanes of at least 4 members (excludes halogenated alkanes) is 7. The third kappa shape index (κ3) is 5.52. The average Bonchev–Trinajstić information content (AvgIpc) is 2.85. The third-order valence-electron chi connectivity index (χ3n) is 4.30. The van der Waals surface area contributed by atoms with Crippen LogP contribution in [-0.2, 0) is 9.59 Å². The Morgan fingerprint density at radius 1 is 0.875 bits per heavy atom. The molecule has 0 fully saturated rings. The Kier molecular flexibility index (Phi) is 7.53. The lowest BCUT2D eigenvalue weighted by Crippen LogP contribution is -2.33. The van der Waals surface area contributed by atoms with Crippen molar-refractivity contribution in [2.24, 2.45) is 0 Å². The summed E-state index contributed by atoms with van der Waals surface area (Å²) in [5.74, 6) is -0.423. The van der Waals surface area contributed by atoms with Crippen LogP contribution in [0.25, 0.3) is 0 Å². The molecule has 0 aliphatic carbocycles. The van der Waals surface area contributed by atoms with Gasteiger partial charge in [0, 0.05) is 18.3 Å². The molecule has 24 heavy (non-hydrogen) atoms. The van der Waals surface area contributed by atoms with E-state index in [9.17, 15) is 9.59 Å². The van der Waals surface area contributed by atoms with Crippen molar-refractivity contribution in [3.05, 3.63) is 42.1 Å². The highest BCUT2D eigenvalue weighted by Gasteiger charge is 2.30. The van der Waals surface area contributed by atoms with Gasteiger partial charge in [0.25, 0.3) is 11.8 Å². The Bertz CT molecular complexity index is 566. The highest BCUT2D eigenvalue weighted by atomic mass is 16.2. The lowest BCUT2D eigenvalue weighted by Gasteiger charge is -2.15. The second-order valence-corrected chi connectivity index (χ2v) is 6.32. The lowest BCUT2D eigenvalue weighted by atomic mass is 10.1. The maximum atomic E-state index is 12.3. The molecule has 2 amide bonds. The van der Waals surface area contributed by atoms with Crippen LogP contribution in [-0.4, -0.2) is 23.3 Å². The molecule has 0 unspecified atom stereocenters. The summed E-state index contributed by atoms with van der Waals surface area (Å²) >= 11 is 0. The molecule has 2 rings (SSSR count). The highest BCUT2D eigenvalue weighted by molar-refractivity contribution is 6.17. The molecule has 0 saturated heterocycles. The van der Waals surface area contributed by atoms with Crippen LogP contribution in [0.3, 0.4) is 0 Å². The monoisotopic (exact) mass is 328 g/mol. The van der Waals surface area contributed by atoms with E-state index in [1.807, 2.05) is 30.3 Å². The topological polar surface area (TPSA) is 49.4 Å². The van der Waals surface area contributed by atoms with E-state index in [-0.39, 0.29) is 11.8 Å². The Morgan fingerprint density at radius 2 is 1.50 bits per heavy atom. The molecule has 0 atom stereocenters. The van der Waals surface area contributed by atoms with E-state index in [0.717, 1.165) is 18.5 Å². The minimum absolute atomic E-state index is 0.207. The van der Waals surface area contributed by atoms with Crippen molar-refractivity contribution in [1.29, 1.82) is 0 Å². The summed E-state index contributed by atoms with van der Waals surface area (Å²) in [4.78, 5) is 25.7. The summed E-state index contributed by atoms with van der Waals surface area (Å²) in [6, 6.07) is 9.44. The van der Waals surface area contributed by atoms with Gasteiger partial charge in [-0.1, -0.05) is 70.1 Å². The van der Waals surface area contributed by atoms with Crippen molar-refractivity contribution in [3.63, 3.8) is 0 Å². The summed E-state index contributed by atoms with van der Waals surface area (Å²) in [6.07, 6.45) is 11.0. The zero-order valence-electron chi connectivity index (χ0n) is 14.6. The average molecular weight is 328 g/mol. The number of benzene rings is 1. The first-order chi connectivity index (χ1) is 11.7. The van der Waals surface area contributed by atoms with Crippen LogP contribution in [0.2, 0.25) is 0 Å². The fraction of sp³-hybridized carbons (Fsp3) is 0.500. The first-order valence-corrected chi connectivity index (χ1v) is 9.12. The molecule has 0 bridgehead atoms. The number of carbonyl (C=O) groups is 2. The summed E-state index contributed by atoms with van der Waals surface area (Å²) in [5, 5.41) is 3.03. The third-order valence-corrected chi connectivity index (χ3v) is 4.30. The zero-order chi connectivity index (χ0) is 17.2. The Morgan fingerprint density at radius 3 is 2.17 bits per heavy atom. The first-order valence-electron chi connectivity index (χ1n) is 9.12. The fourth-order valence-electron chi connectivity index (χ4n) is 2.89. The number of imide groups is 1. The predicted molar refractivity (Wildman–Crippen MR) is 97.5 cm³/mol. The standard InChI is InChI=1S/C20H28N2O2/c1-2-3-4-5-6-7-8-12-15-22-19(23)16-18(20(22)24)21-17-13-10-9-11-14-17/h9-11,13-14,16,21H,2-8,12,15H2,1H3. The Hall–Kier alpha value is -2.10. The minimum atomic E-state index is -0.216. The van der Waals surface area contributed by atoms with Crippen molar-refractivity contribution in [2.45, 2.75) is 58.3 Å². The van der Waals surface area contributed by atoms with E-state index < -0.39 is 0 Å². The predicted octanol–water partition coefficient (Wildman–Crippen LogP) is 4.49. The van der Waals surface area contributed by atoms with Gasteiger partial charge >= 0.3 is 0 Å². The summed E-state index contributed by atoms with van der Waals surface area (Å²) in [5.41, 5.74) is 1.18. The van der Waals surface area contributed by atoms with E-state index in [1.54, 1.807) is 0 Å². The molecule has 4 nitrogen and oxygen atoms in total. The molecule has 1 aliphatic heterocycles. The van der Waals surface area contributed by atoms with Gasteiger partial charge in [-0.05, 0) is 18.6 Å². The van der Waals surface area contributed by atoms with Crippen molar-refractivity contribution < 1.29 is 9.59 Å². The molecular formula is C20H28N2O2. The zero-order valence-corrected chi connectivity index (χ0v) is 14.6. The molecule has 1 aromatic rings. The van der Waals surface area contributed by atoms with Gasteiger partial charge in [-0.3, -0.25) is 14.5 Å². The van der Waals surface area contributed by atoms with E-state index in [4.69, 9.17) is 0 Å². The number of amides is 2. The van der Waals surface area contributed by atoms with Crippen LogP contribution in [0, 0.1) is 0 Å². The van der Waals surface area contributed by atoms with Crippen molar-refractivity contribution >= 4 is 17.5 Å². The molecule has 0 saturated carbocycles. The second kappa shape index (κ2) is 9.91. The molecule has 4 heteroatoms. The Labute approximate surface area is 144 Å². The quantitative estimate of drug-likeness (QED) is 0.481. The van der Waals surface area contributed by atoms with Crippen LogP contribution in [0.1, 0.15) is 58.3 Å². The molecule has 1 heterocycles. The van der Waals surface area contributed by atoms with E-state index in [0.29, 0.717) is 12.2 Å². The number of hydrogen-bond acceptors (Lipinski definition) is 3. The van der Waals surface area contributed by atoms with Crippen molar-refractivity contribution in [1.82, 2.24) is 4.90 Å². The van der Waals surface area contributed by atoms with Crippen molar-refractivity contribution in [3.8, 4) is 0 Å². The largest absolute Gasteiger partial charge is 0.351 e. The number of nitrogens with one attached hydrogen (secondary N) is 1. The highest BCUT2D eigenvalue weighted by Crippen LogP contribution is 2.18. The van der Waals surface area contributed by atoms with Gasteiger partial charge < -0.3 is 5.32 Å². The molecule has 0 aromatic heterocycles. The van der Waals surface area contributed by atoms with Crippen LogP contribution >= 0.6 is 0 Å². The number of para-hydroxylation sites is 1. The van der Waals surface area contributed by atoms with E-state index >= 15 is 0 Å². The number of rotatable bonds is 11. The van der Waals surface area contributed by atoms with Gasteiger partial charge in [0.1, 0.15) is 5.70 Å².